The number of benzene rings is 1. The number of nitrogens with one attached hydrogen (secondary N) is 1. The van der Waals surface area contributed by atoms with E-state index in [1.807, 2.05) is 0 Å². The monoisotopic (exact) mass is 354 g/mol. The fraction of sp³-hybridized carbons (Fsp3) is 0.333. The molecule has 0 aliphatic carbocycles. The van der Waals surface area contributed by atoms with Gasteiger partial charge in [-0.3, -0.25) is 0 Å². The van der Waals surface area contributed by atoms with Crippen LogP contribution < -0.4 is 10.2 Å². The van der Waals surface area contributed by atoms with Crippen molar-refractivity contribution in [1.82, 2.24) is 0 Å². The summed E-state index contributed by atoms with van der Waals surface area (Å²) in [4.78, 5) is 2.15. The van der Waals surface area contributed by atoms with Gasteiger partial charge in [0.1, 0.15) is 0 Å². The molecule has 0 saturated heterocycles. The molecule has 0 bridgehead atoms. The molecule has 20 heavy (non-hydrogen) atoms. The van der Waals surface area contributed by atoms with Crippen LogP contribution in [0.15, 0.2) is 39.5 Å². The van der Waals surface area contributed by atoms with Gasteiger partial charge in [0.25, 0.3) is 0 Å². The summed E-state index contributed by atoms with van der Waals surface area (Å²) < 4.78 is 1.16. The highest BCUT2D eigenvalue weighted by atomic mass is 79.9. The topological polar surface area (TPSA) is 35.5 Å². The molecule has 5 heteroatoms. The average molecular weight is 355 g/mol. The SMILES string of the molecule is CCN(CCO)c1ccc(NCc2csc(Br)c2)cc1. The van der Waals surface area contributed by atoms with Crippen molar-refractivity contribution < 1.29 is 5.11 Å². The number of thiophene rings is 1. The van der Waals surface area contributed by atoms with Crippen LogP contribution in [0.1, 0.15) is 12.5 Å². The van der Waals surface area contributed by atoms with Gasteiger partial charge in [-0.05, 0) is 64.1 Å². The van der Waals surface area contributed by atoms with Gasteiger partial charge in [-0.1, -0.05) is 0 Å². The highest BCUT2D eigenvalue weighted by Gasteiger charge is 2.03. The summed E-state index contributed by atoms with van der Waals surface area (Å²) in [5.74, 6) is 0. The first-order valence-electron chi connectivity index (χ1n) is 6.65. The lowest BCUT2D eigenvalue weighted by Gasteiger charge is -2.22. The van der Waals surface area contributed by atoms with Crippen molar-refractivity contribution in [3.63, 3.8) is 0 Å². The van der Waals surface area contributed by atoms with E-state index in [-0.39, 0.29) is 6.61 Å². The number of nitrogens with zero attached hydrogens (tertiary/aromatic N) is 1. The summed E-state index contributed by atoms with van der Waals surface area (Å²) in [5.41, 5.74) is 3.53. The van der Waals surface area contributed by atoms with Gasteiger partial charge in [-0.15, -0.1) is 11.3 Å². The van der Waals surface area contributed by atoms with Crippen molar-refractivity contribution in [1.29, 1.82) is 0 Å². The Kier molecular flexibility index (Phi) is 5.88. The minimum Gasteiger partial charge on any atom is -0.395 e. The fourth-order valence-corrected chi connectivity index (χ4v) is 3.23. The summed E-state index contributed by atoms with van der Waals surface area (Å²) in [7, 11) is 0. The van der Waals surface area contributed by atoms with Gasteiger partial charge in [-0.2, -0.15) is 0 Å². The molecule has 108 valence electrons. The molecule has 0 fully saturated rings. The van der Waals surface area contributed by atoms with E-state index in [2.05, 4.69) is 68.8 Å². The van der Waals surface area contributed by atoms with Crippen LogP contribution in [0.5, 0.6) is 0 Å². The molecule has 0 aliphatic heterocycles. The van der Waals surface area contributed by atoms with Crippen LogP contribution in [0.25, 0.3) is 0 Å². The molecule has 3 nitrogen and oxygen atoms in total. The van der Waals surface area contributed by atoms with Crippen LogP contribution in [0.4, 0.5) is 11.4 Å². The lowest BCUT2D eigenvalue weighted by atomic mass is 10.2. The molecule has 2 aromatic rings. The van der Waals surface area contributed by atoms with Crippen molar-refractivity contribution in [2.24, 2.45) is 0 Å². The van der Waals surface area contributed by atoms with Crippen molar-refractivity contribution >= 4 is 38.6 Å². The zero-order valence-corrected chi connectivity index (χ0v) is 13.9. The maximum absolute atomic E-state index is 9.04. The van der Waals surface area contributed by atoms with Crippen LogP contribution in [-0.2, 0) is 6.54 Å². The van der Waals surface area contributed by atoms with Gasteiger partial charge >= 0.3 is 0 Å². The zero-order valence-electron chi connectivity index (χ0n) is 11.5. The Labute approximate surface area is 132 Å². The minimum atomic E-state index is 0.181. The summed E-state index contributed by atoms with van der Waals surface area (Å²) in [6.45, 7) is 4.68. The van der Waals surface area contributed by atoms with Crippen LogP contribution in [0.2, 0.25) is 0 Å². The maximum Gasteiger partial charge on any atom is 0.0701 e. The summed E-state index contributed by atoms with van der Waals surface area (Å²) in [5, 5.41) is 14.6. The Morgan fingerprint density at radius 3 is 2.60 bits per heavy atom. The van der Waals surface area contributed by atoms with E-state index in [1.54, 1.807) is 11.3 Å². The van der Waals surface area contributed by atoms with E-state index in [0.29, 0.717) is 6.54 Å². The lowest BCUT2D eigenvalue weighted by Crippen LogP contribution is -2.25. The second-order valence-corrected chi connectivity index (χ2v) is 6.75. The number of rotatable bonds is 7. The highest BCUT2D eigenvalue weighted by molar-refractivity contribution is 9.11. The number of hydrogen-bond acceptors (Lipinski definition) is 4. The van der Waals surface area contributed by atoms with Crippen molar-refractivity contribution in [3.05, 3.63) is 45.1 Å². The Morgan fingerprint density at radius 1 is 1.30 bits per heavy atom. The number of aliphatic hydroxyl groups is 1. The Bertz CT molecular complexity index is 527. The highest BCUT2D eigenvalue weighted by Crippen LogP contribution is 2.22. The lowest BCUT2D eigenvalue weighted by molar-refractivity contribution is 0.302. The molecule has 0 spiro atoms. The second kappa shape index (κ2) is 7.67. The Morgan fingerprint density at radius 2 is 2.05 bits per heavy atom. The molecule has 0 radical (unpaired) electrons. The molecule has 2 rings (SSSR count). The fourth-order valence-electron chi connectivity index (χ4n) is 2.02. The van der Waals surface area contributed by atoms with E-state index in [0.717, 1.165) is 28.3 Å². The molecule has 0 unspecified atom stereocenters. The molecular formula is C15H19BrN2OS. The van der Waals surface area contributed by atoms with Crippen molar-refractivity contribution in [3.8, 4) is 0 Å². The number of hydrogen-bond donors (Lipinski definition) is 2. The molecule has 1 aromatic carbocycles. The molecule has 1 aromatic heterocycles. The normalized spacial score (nSPS) is 10.6. The van der Waals surface area contributed by atoms with Gasteiger partial charge in [-0.25, -0.2) is 0 Å². The molecule has 0 aliphatic rings. The van der Waals surface area contributed by atoms with Gasteiger partial charge in [0, 0.05) is 31.0 Å². The van der Waals surface area contributed by atoms with Crippen molar-refractivity contribution in [2.75, 3.05) is 29.9 Å². The van der Waals surface area contributed by atoms with E-state index in [4.69, 9.17) is 5.11 Å². The first kappa shape index (κ1) is 15.4. The number of likely N-dealkylation sites (N-methyl/N-ethyl adjacent to an activating group) is 1. The predicted octanol–water partition coefficient (Wildman–Crippen LogP) is 3.94. The van der Waals surface area contributed by atoms with Crippen LogP contribution in [0, 0.1) is 0 Å². The van der Waals surface area contributed by atoms with E-state index in [9.17, 15) is 0 Å². The first-order valence-corrected chi connectivity index (χ1v) is 8.33. The smallest absolute Gasteiger partial charge is 0.0701 e. The van der Waals surface area contributed by atoms with Crippen LogP contribution in [-0.4, -0.2) is 24.8 Å². The molecule has 2 N–H and O–H groups in total. The largest absolute Gasteiger partial charge is 0.395 e. The third-order valence-electron chi connectivity index (χ3n) is 3.10. The van der Waals surface area contributed by atoms with Gasteiger partial charge in [0.15, 0.2) is 0 Å². The van der Waals surface area contributed by atoms with Crippen LogP contribution >= 0.6 is 27.3 Å². The molecule has 0 saturated carbocycles. The minimum absolute atomic E-state index is 0.181. The molecule has 0 amide bonds. The third kappa shape index (κ3) is 4.23. The van der Waals surface area contributed by atoms with Gasteiger partial charge < -0.3 is 15.3 Å². The molecule has 0 atom stereocenters. The standard InChI is InChI=1S/C15H19BrN2OS/c1-2-18(7-8-19)14-5-3-13(4-6-14)17-10-12-9-15(16)20-11-12/h3-6,9,11,17,19H,2,7-8,10H2,1H3. The van der Waals surface area contributed by atoms with Gasteiger partial charge in [0.2, 0.25) is 0 Å². The number of anilines is 2. The van der Waals surface area contributed by atoms with E-state index in [1.165, 1.54) is 5.56 Å². The second-order valence-electron chi connectivity index (χ2n) is 4.46. The Hall–Kier alpha value is -1.04. The summed E-state index contributed by atoms with van der Waals surface area (Å²) in [6, 6.07) is 10.5. The number of halogens is 1. The predicted molar refractivity (Wildman–Crippen MR) is 90.8 cm³/mol. The number of aliphatic hydroxyl groups excluding tert-OH is 1. The third-order valence-corrected chi connectivity index (χ3v) is 4.66. The average Bonchev–Trinajstić information content (AvgIpc) is 2.89. The van der Waals surface area contributed by atoms with E-state index >= 15 is 0 Å². The summed E-state index contributed by atoms with van der Waals surface area (Å²) >= 11 is 5.17. The first-order chi connectivity index (χ1) is 9.72. The quantitative estimate of drug-likeness (QED) is 0.790. The molecular weight excluding hydrogens is 336 g/mol. The zero-order chi connectivity index (χ0) is 14.4. The van der Waals surface area contributed by atoms with Crippen LogP contribution in [0.3, 0.4) is 0 Å². The van der Waals surface area contributed by atoms with Gasteiger partial charge in [0.05, 0.1) is 10.4 Å². The van der Waals surface area contributed by atoms with Crippen molar-refractivity contribution in [2.45, 2.75) is 13.5 Å². The Balaban J connectivity index is 1.94. The summed E-state index contributed by atoms with van der Waals surface area (Å²) in [6.07, 6.45) is 0. The van der Waals surface area contributed by atoms with E-state index < -0.39 is 0 Å². The maximum atomic E-state index is 9.04. The molecule has 1 heterocycles.